The van der Waals surface area contributed by atoms with Crippen LogP contribution in [0.5, 0.6) is 11.5 Å². The number of carbonyl (C=O) groups excluding carboxylic acids is 1. The first-order valence-corrected chi connectivity index (χ1v) is 7.12. The zero-order chi connectivity index (χ0) is 15.5. The first-order valence-electron chi connectivity index (χ1n) is 6.18. The number of nitrogens with zero attached hydrogens (tertiary/aromatic N) is 2. The molecule has 0 bridgehead atoms. The van der Waals surface area contributed by atoms with Gasteiger partial charge in [-0.2, -0.15) is 16.3 Å². The average Bonchev–Trinajstić information content (AvgIpc) is 3.17. The number of rotatable bonds is 4. The van der Waals surface area contributed by atoms with Crippen molar-refractivity contribution in [3.8, 4) is 22.9 Å². The van der Waals surface area contributed by atoms with Gasteiger partial charge < -0.3 is 19.5 Å². The van der Waals surface area contributed by atoms with Gasteiger partial charge in [-0.25, -0.2) is 4.79 Å². The van der Waals surface area contributed by atoms with Crippen LogP contribution in [0.25, 0.3) is 11.4 Å². The Kier molecular flexibility index (Phi) is 3.75. The molecule has 0 amide bonds. The van der Waals surface area contributed by atoms with Gasteiger partial charge in [-0.15, -0.1) is 0 Å². The molecular weight excluding hydrogens is 308 g/mol. The minimum absolute atomic E-state index is 0.134. The molecule has 0 saturated carbocycles. The molecule has 3 rings (SSSR count). The SMILES string of the molecule is O=C(OCc1nc(-c2ccsc2)no1)c1cc(O)ccc1O. The van der Waals surface area contributed by atoms with Crippen molar-refractivity contribution in [3.05, 3.63) is 46.5 Å². The number of benzene rings is 1. The average molecular weight is 318 g/mol. The maximum absolute atomic E-state index is 11.8. The van der Waals surface area contributed by atoms with Crippen LogP contribution in [0.4, 0.5) is 0 Å². The van der Waals surface area contributed by atoms with E-state index >= 15 is 0 Å². The molecule has 22 heavy (non-hydrogen) atoms. The Hall–Kier alpha value is -2.87. The third kappa shape index (κ3) is 2.91. The van der Waals surface area contributed by atoms with Gasteiger partial charge >= 0.3 is 5.97 Å². The highest BCUT2D eigenvalue weighted by molar-refractivity contribution is 7.08. The Morgan fingerprint density at radius 3 is 2.95 bits per heavy atom. The van der Waals surface area contributed by atoms with Crippen LogP contribution >= 0.6 is 11.3 Å². The van der Waals surface area contributed by atoms with Crippen LogP contribution in [0.15, 0.2) is 39.5 Å². The van der Waals surface area contributed by atoms with Gasteiger partial charge in [0.25, 0.3) is 5.89 Å². The molecular formula is C14H10N2O5S. The van der Waals surface area contributed by atoms with E-state index in [4.69, 9.17) is 9.26 Å². The van der Waals surface area contributed by atoms with Crippen molar-refractivity contribution in [2.24, 2.45) is 0 Å². The highest BCUT2D eigenvalue weighted by atomic mass is 32.1. The maximum Gasteiger partial charge on any atom is 0.342 e. The van der Waals surface area contributed by atoms with Gasteiger partial charge in [-0.05, 0) is 29.6 Å². The molecule has 2 N–H and O–H groups in total. The summed E-state index contributed by atoms with van der Waals surface area (Å²) in [7, 11) is 0. The third-order valence-electron chi connectivity index (χ3n) is 2.77. The van der Waals surface area contributed by atoms with E-state index in [0.717, 1.165) is 11.6 Å². The molecule has 2 heterocycles. The van der Waals surface area contributed by atoms with Crippen molar-refractivity contribution in [1.82, 2.24) is 10.1 Å². The van der Waals surface area contributed by atoms with Crippen LogP contribution in [0.2, 0.25) is 0 Å². The summed E-state index contributed by atoms with van der Waals surface area (Å²) in [6, 6.07) is 5.42. The lowest BCUT2D eigenvalue weighted by Gasteiger charge is -2.04. The molecule has 7 nitrogen and oxygen atoms in total. The van der Waals surface area contributed by atoms with Crippen molar-refractivity contribution in [3.63, 3.8) is 0 Å². The van der Waals surface area contributed by atoms with Gasteiger partial charge in [0.2, 0.25) is 5.82 Å². The quantitative estimate of drug-likeness (QED) is 0.562. The number of esters is 1. The minimum Gasteiger partial charge on any atom is -0.508 e. The summed E-state index contributed by atoms with van der Waals surface area (Å²) in [6.07, 6.45) is 0. The molecule has 0 aliphatic rings. The lowest BCUT2D eigenvalue weighted by Crippen LogP contribution is -2.05. The standard InChI is InChI=1S/C14H10N2O5S/c17-9-1-2-11(18)10(5-9)14(19)20-6-12-15-13(16-21-12)8-3-4-22-7-8/h1-5,7,17-18H,6H2. The summed E-state index contributed by atoms with van der Waals surface area (Å²) in [5, 5.41) is 26.4. The van der Waals surface area contributed by atoms with E-state index < -0.39 is 5.97 Å². The fourth-order valence-electron chi connectivity index (χ4n) is 1.72. The molecule has 3 aromatic rings. The van der Waals surface area contributed by atoms with E-state index in [2.05, 4.69) is 10.1 Å². The van der Waals surface area contributed by atoms with Gasteiger partial charge in [0, 0.05) is 10.9 Å². The summed E-state index contributed by atoms with van der Waals surface area (Å²) < 4.78 is 9.96. The summed E-state index contributed by atoms with van der Waals surface area (Å²) in [6.45, 7) is -0.231. The fourth-order valence-corrected chi connectivity index (χ4v) is 2.35. The Balaban J connectivity index is 1.67. The van der Waals surface area contributed by atoms with Gasteiger partial charge in [0.1, 0.15) is 17.1 Å². The predicted octanol–water partition coefficient (Wildman–Crippen LogP) is 2.57. The van der Waals surface area contributed by atoms with Crippen LogP contribution in [0.1, 0.15) is 16.2 Å². The number of aromatic nitrogens is 2. The number of thiophene rings is 1. The zero-order valence-corrected chi connectivity index (χ0v) is 11.9. The molecule has 0 spiro atoms. The lowest BCUT2D eigenvalue weighted by molar-refractivity contribution is 0.0426. The molecule has 0 unspecified atom stereocenters. The Bertz CT molecular complexity index is 797. The van der Waals surface area contributed by atoms with Crippen molar-refractivity contribution >= 4 is 17.3 Å². The number of phenolic OH excluding ortho intramolecular Hbond substituents is 2. The molecule has 112 valence electrons. The molecule has 0 atom stereocenters. The molecule has 0 fully saturated rings. The monoisotopic (exact) mass is 318 g/mol. The summed E-state index contributed by atoms with van der Waals surface area (Å²) in [4.78, 5) is 15.9. The van der Waals surface area contributed by atoms with Gasteiger partial charge in [0.15, 0.2) is 6.61 Å². The first-order chi connectivity index (χ1) is 10.6. The van der Waals surface area contributed by atoms with E-state index in [9.17, 15) is 15.0 Å². The van der Waals surface area contributed by atoms with Gasteiger partial charge in [0.05, 0.1) is 0 Å². The second kappa shape index (κ2) is 5.86. The second-order valence-electron chi connectivity index (χ2n) is 4.30. The summed E-state index contributed by atoms with van der Waals surface area (Å²) in [5.74, 6) is -0.694. The minimum atomic E-state index is -0.802. The number of ether oxygens (including phenoxy) is 1. The summed E-state index contributed by atoms with van der Waals surface area (Å²) >= 11 is 1.50. The van der Waals surface area contributed by atoms with Crippen LogP contribution in [-0.4, -0.2) is 26.3 Å². The number of hydrogen-bond donors (Lipinski definition) is 2. The smallest absolute Gasteiger partial charge is 0.342 e. The Morgan fingerprint density at radius 2 is 2.18 bits per heavy atom. The molecule has 0 aliphatic heterocycles. The normalized spacial score (nSPS) is 10.5. The topological polar surface area (TPSA) is 106 Å². The van der Waals surface area contributed by atoms with Crippen LogP contribution in [0, 0.1) is 0 Å². The Labute approximate surface area is 128 Å². The summed E-state index contributed by atoms with van der Waals surface area (Å²) in [5.41, 5.74) is 0.675. The largest absolute Gasteiger partial charge is 0.508 e. The van der Waals surface area contributed by atoms with E-state index in [-0.39, 0.29) is 29.6 Å². The lowest BCUT2D eigenvalue weighted by atomic mass is 10.2. The van der Waals surface area contributed by atoms with E-state index in [1.165, 1.54) is 23.5 Å². The predicted molar refractivity (Wildman–Crippen MR) is 76.5 cm³/mol. The number of phenols is 2. The van der Waals surface area contributed by atoms with Crippen LogP contribution < -0.4 is 0 Å². The molecule has 8 heteroatoms. The Morgan fingerprint density at radius 1 is 1.32 bits per heavy atom. The van der Waals surface area contributed by atoms with Crippen molar-refractivity contribution in [2.45, 2.75) is 6.61 Å². The molecule has 2 aromatic heterocycles. The van der Waals surface area contributed by atoms with Crippen molar-refractivity contribution < 1.29 is 24.3 Å². The number of aromatic hydroxyl groups is 2. The second-order valence-corrected chi connectivity index (χ2v) is 5.08. The first kappa shape index (κ1) is 14.1. The fraction of sp³-hybridized carbons (Fsp3) is 0.0714. The number of hydrogen-bond acceptors (Lipinski definition) is 8. The van der Waals surface area contributed by atoms with Crippen LogP contribution in [-0.2, 0) is 11.3 Å². The number of carbonyl (C=O) groups is 1. The molecule has 0 radical (unpaired) electrons. The maximum atomic E-state index is 11.8. The van der Waals surface area contributed by atoms with Crippen LogP contribution in [0.3, 0.4) is 0 Å². The van der Waals surface area contributed by atoms with Gasteiger partial charge in [-0.3, -0.25) is 0 Å². The molecule has 0 aliphatic carbocycles. The highest BCUT2D eigenvalue weighted by Gasteiger charge is 2.16. The van der Waals surface area contributed by atoms with E-state index in [1.807, 2.05) is 16.8 Å². The molecule has 0 saturated heterocycles. The van der Waals surface area contributed by atoms with Crippen molar-refractivity contribution in [2.75, 3.05) is 0 Å². The zero-order valence-electron chi connectivity index (χ0n) is 11.1. The van der Waals surface area contributed by atoms with Gasteiger partial charge in [-0.1, -0.05) is 5.16 Å². The highest BCUT2D eigenvalue weighted by Crippen LogP contribution is 2.23. The van der Waals surface area contributed by atoms with E-state index in [0.29, 0.717) is 5.82 Å². The van der Waals surface area contributed by atoms with E-state index in [1.54, 1.807) is 0 Å². The van der Waals surface area contributed by atoms with Crippen molar-refractivity contribution in [1.29, 1.82) is 0 Å². The molecule has 1 aromatic carbocycles. The third-order valence-corrected chi connectivity index (χ3v) is 3.46.